The number of hydrogen-bond donors (Lipinski definition) is 1. The van der Waals surface area contributed by atoms with Crippen LogP contribution in [0.1, 0.15) is 51.9 Å². The monoisotopic (exact) mass is 343 g/mol. The van der Waals surface area contributed by atoms with Crippen LogP contribution in [-0.4, -0.2) is 24.2 Å². The van der Waals surface area contributed by atoms with Crippen molar-refractivity contribution in [3.05, 3.63) is 28.6 Å². The number of nitrogens with zero attached hydrogens (tertiary/aromatic N) is 2. The number of rotatable bonds is 10. The predicted molar refractivity (Wildman–Crippen MR) is 84.2 cm³/mol. The van der Waals surface area contributed by atoms with E-state index in [1.807, 2.05) is 4.72 Å². The van der Waals surface area contributed by atoms with E-state index in [0.29, 0.717) is 6.42 Å². The molecule has 0 aliphatic heterocycles. The first-order chi connectivity index (χ1) is 10.9. The summed E-state index contributed by atoms with van der Waals surface area (Å²) in [6, 6.07) is 0.868. The minimum atomic E-state index is -4.13. The minimum Gasteiger partial charge on any atom is -0.274 e. The summed E-state index contributed by atoms with van der Waals surface area (Å²) in [6.45, 7) is 2.11. The van der Waals surface area contributed by atoms with Gasteiger partial charge in [0.15, 0.2) is 0 Å². The standard InChI is InChI=1S/C14H21N3O5S/c1-2-3-4-5-6-7-8-14(18)16-23(21,22)13-9-12(17(19)20)10-15-11-13/h9-11H,2-8H2,1H3,(H,16,18). The molecular weight excluding hydrogens is 322 g/mol. The zero-order valence-corrected chi connectivity index (χ0v) is 13.8. The van der Waals surface area contributed by atoms with E-state index in [1.165, 1.54) is 0 Å². The molecule has 0 spiro atoms. The van der Waals surface area contributed by atoms with Crippen LogP contribution in [0.3, 0.4) is 0 Å². The van der Waals surface area contributed by atoms with Crippen molar-refractivity contribution in [2.24, 2.45) is 0 Å². The maximum atomic E-state index is 12.0. The number of unbranched alkanes of at least 4 members (excludes halogenated alkanes) is 5. The number of sulfonamides is 1. The molecule has 0 aromatic carbocycles. The van der Waals surface area contributed by atoms with Crippen LogP contribution in [0.15, 0.2) is 23.4 Å². The van der Waals surface area contributed by atoms with Crippen LogP contribution in [0, 0.1) is 10.1 Å². The van der Waals surface area contributed by atoms with Gasteiger partial charge in [0.25, 0.3) is 15.7 Å². The average Bonchev–Trinajstić information content (AvgIpc) is 2.50. The highest BCUT2D eigenvalue weighted by molar-refractivity contribution is 7.90. The van der Waals surface area contributed by atoms with E-state index >= 15 is 0 Å². The highest BCUT2D eigenvalue weighted by atomic mass is 32.2. The summed E-state index contributed by atoms with van der Waals surface area (Å²) in [4.78, 5) is 24.7. The lowest BCUT2D eigenvalue weighted by molar-refractivity contribution is -0.385. The van der Waals surface area contributed by atoms with Crippen molar-refractivity contribution in [1.82, 2.24) is 9.71 Å². The van der Waals surface area contributed by atoms with Crippen molar-refractivity contribution in [3.63, 3.8) is 0 Å². The van der Waals surface area contributed by atoms with Gasteiger partial charge in [-0.05, 0) is 6.42 Å². The number of nitro groups is 1. The lowest BCUT2D eigenvalue weighted by Gasteiger charge is -2.06. The van der Waals surface area contributed by atoms with Gasteiger partial charge >= 0.3 is 0 Å². The van der Waals surface area contributed by atoms with Crippen LogP contribution in [0.5, 0.6) is 0 Å². The SMILES string of the molecule is CCCCCCCCC(=O)NS(=O)(=O)c1cncc([N+](=O)[O-])c1. The first kappa shape index (κ1) is 19.0. The van der Waals surface area contributed by atoms with Gasteiger partial charge in [0.05, 0.1) is 4.92 Å². The molecule has 1 aromatic heterocycles. The lowest BCUT2D eigenvalue weighted by Crippen LogP contribution is -2.30. The van der Waals surface area contributed by atoms with Gasteiger partial charge in [0, 0.05) is 18.7 Å². The number of carbonyl (C=O) groups is 1. The average molecular weight is 343 g/mol. The second-order valence-corrected chi connectivity index (χ2v) is 6.86. The first-order valence-corrected chi connectivity index (χ1v) is 9.00. The molecule has 0 saturated carbocycles. The van der Waals surface area contributed by atoms with E-state index in [0.717, 1.165) is 50.6 Å². The molecule has 1 N–H and O–H groups in total. The third kappa shape index (κ3) is 6.72. The summed E-state index contributed by atoms with van der Waals surface area (Å²) in [6.07, 6.45) is 7.90. The van der Waals surface area contributed by atoms with E-state index in [-0.39, 0.29) is 6.42 Å². The third-order valence-electron chi connectivity index (χ3n) is 3.23. The Balaban J connectivity index is 2.53. The maximum absolute atomic E-state index is 12.0. The summed E-state index contributed by atoms with van der Waals surface area (Å²) in [5, 5.41) is 10.6. The van der Waals surface area contributed by atoms with Crippen molar-refractivity contribution in [3.8, 4) is 0 Å². The zero-order valence-electron chi connectivity index (χ0n) is 13.0. The van der Waals surface area contributed by atoms with Crippen LogP contribution < -0.4 is 4.72 Å². The van der Waals surface area contributed by atoms with Crippen LogP contribution >= 0.6 is 0 Å². The van der Waals surface area contributed by atoms with Crippen molar-refractivity contribution >= 4 is 21.6 Å². The molecule has 23 heavy (non-hydrogen) atoms. The highest BCUT2D eigenvalue weighted by Gasteiger charge is 2.20. The summed E-state index contributed by atoms with van der Waals surface area (Å²) < 4.78 is 25.9. The van der Waals surface area contributed by atoms with Gasteiger partial charge < -0.3 is 0 Å². The molecule has 1 aromatic rings. The quantitative estimate of drug-likeness (QED) is 0.396. The molecule has 0 atom stereocenters. The normalized spacial score (nSPS) is 11.2. The van der Waals surface area contributed by atoms with Crippen molar-refractivity contribution in [2.45, 2.75) is 56.8 Å². The van der Waals surface area contributed by atoms with E-state index in [4.69, 9.17) is 0 Å². The Morgan fingerprint density at radius 2 is 1.87 bits per heavy atom. The van der Waals surface area contributed by atoms with E-state index in [1.54, 1.807) is 0 Å². The molecular formula is C14H21N3O5S. The Labute approximate surface area is 135 Å². The molecule has 0 radical (unpaired) electrons. The van der Waals surface area contributed by atoms with Gasteiger partial charge in [-0.1, -0.05) is 39.0 Å². The molecule has 0 unspecified atom stereocenters. The third-order valence-corrected chi connectivity index (χ3v) is 4.57. The second-order valence-electron chi connectivity index (χ2n) is 5.18. The number of aromatic nitrogens is 1. The fourth-order valence-electron chi connectivity index (χ4n) is 1.98. The molecule has 0 saturated heterocycles. The Bertz CT molecular complexity index is 646. The molecule has 1 heterocycles. The number of hydrogen-bond acceptors (Lipinski definition) is 6. The van der Waals surface area contributed by atoms with Crippen LogP contribution in [0.25, 0.3) is 0 Å². The van der Waals surface area contributed by atoms with Crippen molar-refractivity contribution < 1.29 is 18.1 Å². The molecule has 0 aliphatic rings. The first-order valence-electron chi connectivity index (χ1n) is 7.52. The molecule has 9 heteroatoms. The zero-order chi connectivity index (χ0) is 17.3. The fourth-order valence-corrected chi connectivity index (χ4v) is 2.98. The number of nitrogens with one attached hydrogen (secondary N) is 1. The molecule has 1 amide bonds. The van der Waals surface area contributed by atoms with Gasteiger partial charge in [-0.15, -0.1) is 0 Å². The fraction of sp³-hybridized carbons (Fsp3) is 0.571. The summed E-state index contributed by atoms with van der Waals surface area (Å²) >= 11 is 0. The van der Waals surface area contributed by atoms with Gasteiger partial charge in [-0.3, -0.25) is 19.9 Å². The molecule has 0 fully saturated rings. The minimum absolute atomic E-state index is 0.105. The van der Waals surface area contributed by atoms with Gasteiger partial charge in [-0.2, -0.15) is 0 Å². The van der Waals surface area contributed by atoms with E-state index in [2.05, 4.69) is 11.9 Å². The summed E-state index contributed by atoms with van der Waals surface area (Å²) in [5.74, 6) is -0.619. The predicted octanol–water partition coefficient (Wildman–Crippen LogP) is 2.55. The Kier molecular flexibility index (Phi) is 7.60. The lowest BCUT2D eigenvalue weighted by atomic mass is 10.1. The Hall–Kier alpha value is -2.03. The maximum Gasteiger partial charge on any atom is 0.288 e. The van der Waals surface area contributed by atoms with Crippen molar-refractivity contribution in [1.29, 1.82) is 0 Å². The molecule has 0 aliphatic carbocycles. The molecule has 8 nitrogen and oxygen atoms in total. The van der Waals surface area contributed by atoms with Crippen molar-refractivity contribution in [2.75, 3.05) is 0 Å². The van der Waals surface area contributed by atoms with Gasteiger partial charge in [0.1, 0.15) is 11.1 Å². The highest BCUT2D eigenvalue weighted by Crippen LogP contribution is 2.15. The van der Waals surface area contributed by atoms with E-state index < -0.39 is 31.4 Å². The van der Waals surface area contributed by atoms with Gasteiger partial charge in [0.2, 0.25) is 5.91 Å². The van der Waals surface area contributed by atoms with Crippen LogP contribution in [0.4, 0.5) is 5.69 Å². The van der Waals surface area contributed by atoms with E-state index in [9.17, 15) is 23.3 Å². The smallest absolute Gasteiger partial charge is 0.274 e. The number of amides is 1. The molecule has 1 rings (SSSR count). The summed E-state index contributed by atoms with van der Waals surface area (Å²) in [5.41, 5.74) is -0.448. The molecule has 128 valence electrons. The second kappa shape index (κ2) is 9.19. The molecule has 0 bridgehead atoms. The Morgan fingerprint density at radius 1 is 1.22 bits per heavy atom. The summed E-state index contributed by atoms with van der Waals surface area (Å²) in [7, 11) is -4.13. The van der Waals surface area contributed by atoms with Gasteiger partial charge in [-0.25, -0.2) is 13.1 Å². The topological polar surface area (TPSA) is 119 Å². The number of pyridine rings is 1. The number of carbonyl (C=O) groups excluding carboxylic acids is 1. The largest absolute Gasteiger partial charge is 0.288 e. The van der Waals surface area contributed by atoms with Crippen LogP contribution in [0.2, 0.25) is 0 Å². The Morgan fingerprint density at radius 3 is 2.52 bits per heavy atom. The van der Waals surface area contributed by atoms with Crippen LogP contribution in [-0.2, 0) is 14.8 Å².